The first-order valence-electron chi connectivity index (χ1n) is 5.38. The molecule has 84 valence electrons. The molecule has 2 nitrogen and oxygen atoms in total. The number of nitrogens with one attached hydrogen (secondary N) is 1. The van der Waals surface area contributed by atoms with E-state index in [2.05, 4.69) is 37.4 Å². The molecule has 2 N–H and O–H groups in total. The van der Waals surface area contributed by atoms with Gasteiger partial charge in [-0.25, -0.2) is 0 Å². The number of aliphatic hydroxyl groups is 1. The van der Waals surface area contributed by atoms with Gasteiger partial charge in [0, 0.05) is 13.1 Å². The minimum Gasteiger partial charge on any atom is -0.389 e. The molecule has 1 aromatic carbocycles. The van der Waals surface area contributed by atoms with Crippen LogP contribution in [0.25, 0.3) is 0 Å². The number of hydrogen-bond acceptors (Lipinski definition) is 2. The number of rotatable bonds is 4. The van der Waals surface area contributed by atoms with E-state index in [-0.39, 0.29) is 0 Å². The van der Waals surface area contributed by atoms with Crippen LogP contribution in [-0.4, -0.2) is 17.3 Å². The number of hydrogen-bond donors (Lipinski definition) is 2. The average Bonchev–Trinajstić information content (AvgIpc) is 2.09. The van der Waals surface area contributed by atoms with Gasteiger partial charge in [0.2, 0.25) is 0 Å². The molecule has 15 heavy (non-hydrogen) atoms. The molecule has 0 atom stereocenters. The second-order valence-electron chi connectivity index (χ2n) is 4.85. The normalized spacial score (nSPS) is 11.8. The van der Waals surface area contributed by atoms with Crippen molar-refractivity contribution in [1.82, 2.24) is 5.32 Å². The summed E-state index contributed by atoms with van der Waals surface area (Å²) in [5.74, 6) is 0. The molecule has 1 aromatic rings. The topological polar surface area (TPSA) is 32.3 Å². The van der Waals surface area contributed by atoms with Gasteiger partial charge in [0.25, 0.3) is 0 Å². The first kappa shape index (κ1) is 12.2. The number of aryl methyl sites for hydroxylation is 2. The molecule has 0 spiro atoms. The molecule has 0 fully saturated rings. The smallest absolute Gasteiger partial charge is 0.0715 e. The molecular formula is C13H21NO. The SMILES string of the molecule is Cc1ccc(C)c(CNCC(C)(C)O)c1. The molecule has 1 rings (SSSR count). The minimum atomic E-state index is -0.641. The van der Waals surface area contributed by atoms with Crippen LogP contribution in [0.1, 0.15) is 30.5 Å². The Morgan fingerprint density at radius 3 is 2.53 bits per heavy atom. The van der Waals surface area contributed by atoms with Crippen LogP contribution in [0.5, 0.6) is 0 Å². The molecule has 0 aromatic heterocycles. The summed E-state index contributed by atoms with van der Waals surface area (Å²) in [5, 5.41) is 12.8. The molecular weight excluding hydrogens is 186 g/mol. The standard InChI is InChI=1S/C13H21NO/c1-10-5-6-11(2)12(7-10)8-14-9-13(3,4)15/h5-7,14-15H,8-9H2,1-4H3. The third-order valence-corrected chi connectivity index (χ3v) is 2.38. The fraction of sp³-hybridized carbons (Fsp3) is 0.538. The summed E-state index contributed by atoms with van der Waals surface area (Å²) in [7, 11) is 0. The Balaban J connectivity index is 2.54. The van der Waals surface area contributed by atoms with Crippen LogP contribution in [0.3, 0.4) is 0 Å². The Kier molecular flexibility index (Phi) is 3.89. The predicted molar refractivity (Wildman–Crippen MR) is 63.9 cm³/mol. The van der Waals surface area contributed by atoms with Crippen molar-refractivity contribution >= 4 is 0 Å². The lowest BCUT2D eigenvalue weighted by Gasteiger charge is -2.18. The van der Waals surface area contributed by atoms with E-state index in [9.17, 15) is 5.11 Å². The Morgan fingerprint density at radius 2 is 1.93 bits per heavy atom. The van der Waals surface area contributed by atoms with E-state index in [1.165, 1.54) is 16.7 Å². The second kappa shape index (κ2) is 4.77. The van der Waals surface area contributed by atoms with E-state index in [0.29, 0.717) is 6.54 Å². The highest BCUT2D eigenvalue weighted by molar-refractivity contribution is 5.30. The van der Waals surface area contributed by atoms with Gasteiger partial charge < -0.3 is 10.4 Å². The number of benzene rings is 1. The van der Waals surface area contributed by atoms with Gasteiger partial charge in [-0.3, -0.25) is 0 Å². The van der Waals surface area contributed by atoms with Gasteiger partial charge in [-0.1, -0.05) is 23.8 Å². The van der Waals surface area contributed by atoms with Crippen molar-refractivity contribution in [1.29, 1.82) is 0 Å². The van der Waals surface area contributed by atoms with Crippen LogP contribution >= 0.6 is 0 Å². The van der Waals surface area contributed by atoms with Crippen LogP contribution in [0.4, 0.5) is 0 Å². The molecule has 0 amide bonds. The van der Waals surface area contributed by atoms with E-state index in [1.807, 2.05) is 13.8 Å². The van der Waals surface area contributed by atoms with Crippen molar-refractivity contribution in [3.63, 3.8) is 0 Å². The van der Waals surface area contributed by atoms with Gasteiger partial charge in [-0.2, -0.15) is 0 Å². The Hall–Kier alpha value is -0.860. The van der Waals surface area contributed by atoms with Crippen molar-refractivity contribution < 1.29 is 5.11 Å². The van der Waals surface area contributed by atoms with Gasteiger partial charge in [-0.15, -0.1) is 0 Å². The molecule has 0 heterocycles. The lowest BCUT2D eigenvalue weighted by atomic mass is 10.1. The minimum absolute atomic E-state index is 0.611. The summed E-state index contributed by atoms with van der Waals surface area (Å²) in [6.45, 7) is 9.25. The lowest BCUT2D eigenvalue weighted by molar-refractivity contribution is 0.0795. The quantitative estimate of drug-likeness (QED) is 0.793. The summed E-state index contributed by atoms with van der Waals surface area (Å²) in [4.78, 5) is 0. The highest BCUT2D eigenvalue weighted by Gasteiger charge is 2.11. The molecule has 2 heteroatoms. The lowest BCUT2D eigenvalue weighted by Crippen LogP contribution is -2.34. The largest absolute Gasteiger partial charge is 0.389 e. The van der Waals surface area contributed by atoms with Crippen molar-refractivity contribution in [2.45, 2.75) is 39.8 Å². The van der Waals surface area contributed by atoms with Gasteiger partial charge in [0.1, 0.15) is 0 Å². The van der Waals surface area contributed by atoms with Gasteiger partial charge in [0.15, 0.2) is 0 Å². The molecule has 0 radical (unpaired) electrons. The van der Waals surface area contributed by atoms with E-state index in [1.54, 1.807) is 0 Å². The van der Waals surface area contributed by atoms with Crippen LogP contribution in [0, 0.1) is 13.8 Å². The van der Waals surface area contributed by atoms with Crippen LogP contribution in [-0.2, 0) is 6.54 Å². The summed E-state index contributed by atoms with van der Waals surface area (Å²) < 4.78 is 0. The summed E-state index contributed by atoms with van der Waals surface area (Å²) in [6.07, 6.45) is 0. The first-order chi connectivity index (χ1) is 6.88. The highest BCUT2D eigenvalue weighted by atomic mass is 16.3. The van der Waals surface area contributed by atoms with E-state index < -0.39 is 5.60 Å². The van der Waals surface area contributed by atoms with Crippen LogP contribution < -0.4 is 5.32 Å². The Bertz CT molecular complexity index is 326. The highest BCUT2D eigenvalue weighted by Crippen LogP contribution is 2.10. The monoisotopic (exact) mass is 207 g/mol. The maximum Gasteiger partial charge on any atom is 0.0715 e. The van der Waals surface area contributed by atoms with Crippen molar-refractivity contribution in [3.05, 3.63) is 34.9 Å². The maximum absolute atomic E-state index is 9.56. The third kappa shape index (κ3) is 4.45. The molecule has 0 aliphatic carbocycles. The average molecular weight is 207 g/mol. The fourth-order valence-electron chi connectivity index (χ4n) is 1.49. The predicted octanol–water partition coefficient (Wildman–Crippen LogP) is 2.16. The Morgan fingerprint density at radius 1 is 1.27 bits per heavy atom. The second-order valence-corrected chi connectivity index (χ2v) is 4.85. The van der Waals surface area contributed by atoms with Crippen molar-refractivity contribution in [2.24, 2.45) is 0 Å². The summed E-state index contributed by atoms with van der Waals surface area (Å²) in [5.41, 5.74) is 3.24. The van der Waals surface area contributed by atoms with Gasteiger partial charge >= 0.3 is 0 Å². The van der Waals surface area contributed by atoms with E-state index in [0.717, 1.165) is 6.54 Å². The van der Waals surface area contributed by atoms with Crippen LogP contribution in [0.15, 0.2) is 18.2 Å². The zero-order valence-corrected chi connectivity index (χ0v) is 10.1. The summed E-state index contributed by atoms with van der Waals surface area (Å²) in [6, 6.07) is 6.44. The van der Waals surface area contributed by atoms with Gasteiger partial charge in [0.05, 0.1) is 5.60 Å². The zero-order chi connectivity index (χ0) is 11.5. The maximum atomic E-state index is 9.56. The zero-order valence-electron chi connectivity index (χ0n) is 10.1. The van der Waals surface area contributed by atoms with Crippen molar-refractivity contribution in [3.8, 4) is 0 Å². The Labute approximate surface area is 92.3 Å². The first-order valence-corrected chi connectivity index (χ1v) is 5.38. The molecule has 0 saturated heterocycles. The van der Waals surface area contributed by atoms with E-state index in [4.69, 9.17) is 0 Å². The molecule has 0 unspecified atom stereocenters. The summed E-state index contributed by atoms with van der Waals surface area (Å²) >= 11 is 0. The van der Waals surface area contributed by atoms with E-state index >= 15 is 0 Å². The molecule has 0 aliphatic rings. The van der Waals surface area contributed by atoms with Crippen molar-refractivity contribution in [2.75, 3.05) is 6.54 Å². The molecule has 0 saturated carbocycles. The molecule has 0 aliphatic heterocycles. The molecule has 0 bridgehead atoms. The van der Waals surface area contributed by atoms with Gasteiger partial charge in [-0.05, 0) is 38.8 Å². The fourth-order valence-corrected chi connectivity index (χ4v) is 1.49. The third-order valence-electron chi connectivity index (χ3n) is 2.38. The van der Waals surface area contributed by atoms with Crippen LogP contribution in [0.2, 0.25) is 0 Å².